The summed E-state index contributed by atoms with van der Waals surface area (Å²) in [5.74, 6) is -0.832. The second-order valence-corrected chi connectivity index (χ2v) is 5.74. The number of carbonyl (C=O) groups is 1. The smallest absolute Gasteiger partial charge is 0.266 e. The Hall–Kier alpha value is -0.750. The van der Waals surface area contributed by atoms with E-state index in [0.29, 0.717) is 10.0 Å². The third kappa shape index (κ3) is 1.60. The quantitative estimate of drug-likeness (QED) is 0.799. The molecule has 1 aromatic carbocycles. The summed E-state index contributed by atoms with van der Waals surface area (Å²) in [5, 5.41) is 0. The SMILES string of the molecule is C[C@H]1c2c(F)cc(Br)cc2C(=O)N1[S@@](C)=O. The van der Waals surface area contributed by atoms with Crippen molar-refractivity contribution in [2.75, 3.05) is 6.26 Å². The number of nitrogens with zero attached hydrogens (tertiary/aromatic N) is 1. The number of hydrogen-bond acceptors (Lipinski definition) is 2. The minimum Gasteiger partial charge on any atom is -0.268 e. The molecule has 0 saturated heterocycles. The predicted molar refractivity (Wildman–Crippen MR) is 62.8 cm³/mol. The maximum Gasteiger partial charge on any atom is 0.266 e. The first kappa shape index (κ1) is 11.7. The second-order valence-electron chi connectivity index (χ2n) is 3.58. The Bertz CT molecular complexity index is 506. The summed E-state index contributed by atoms with van der Waals surface area (Å²) >= 11 is 3.13. The molecule has 2 rings (SSSR count). The average molecular weight is 306 g/mol. The van der Waals surface area contributed by atoms with Crippen molar-refractivity contribution in [1.29, 1.82) is 0 Å². The van der Waals surface area contributed by atoms with E-state index in [4.69, 9.17) is 0 Å². The van der Waals surface area contributed by atoms with Crippen molar-refractivity contribution in [2.45, 2.75) is 13.0 Å². The Morgan fingerprint density at radius 2 is 2.12 bits per heavy atom. The van der Waals surface area contributed by atoms with Gasteiger partial charge in [-0.25, -0.2) is 8.60 Å². The lowest BCUT2D eigenvalue weighted by molar-refractivity contribution is 0.0866. The van der Waals surface area contributed by atoms with Crippen molar-refractivity contribution in [2.24, 2.45) is 0 Å². The van der Waals surface area contributed by atoms with Gasteiger partial charge in [-0.3, -0.25) is 9.10 Å². The lowest BCUT2D eigenvalue weighted by Gasteiger charge is -2.17. The molecule has 1 aliphatic heterocycles. The van der Waals surface area contributed by atoms with E-state index in [9.17, 15) is 13.4 Å². The van der Waals surface area contributed by atoms with Gasteiger partial charge in [0.25, 0.3) is 5.91 Å². The molecule has 0 fully saturated rings. The Morgan fingerprint density at radius 1 is 1.50 bits per heavy atom. The molecule has 0 saturated carbocycles. The van der Waals surface area contributed by atoms with Crippen molar-refractivity contribution in [3.63, 3.8) is 0 Å². The third-order valence-electron chi connectivity index (χ3n) is 2.57. The zero-order valence-corrected chi connectivity index (χ0v) is 11.1. The Kier molecular flexibility index (Phi) is 2.88. The first-order valence-corrected chi connectivity index (χ1v) is 6.90. The topological polar surface area (TPSA) is 37.4 Å². The van der Waals surface area contributed by atoms with Crippen molar-refractivity contribution in [3.8, 4) is 0 Å². The van der Waals surface area contributed by atoms with Gasteiger partial charge in [0.2, 0.25) is 0 Å². The average Bonchev–Trinajstić information content (AvgIpc) is 2.38. The molecule has 6 heteroatoms. The first-order chi connectivity index (χ1) is 7.43. The molecule has 0 spiro atoms. The van der Waals surface area contributed by atoms with Crippen molar-refractivity contribution in [3.05, 3.63) is 33.5 Å². The molecular formula is C10H9BrFNO2S. The van der Waals surface area contributed by atoms with E-state index in [0.717, 1.165) is 0 Å². The van der Waals surface area contributed by atoms with Crippen LogP contribution in [0.25, 0.3) is 0 Å². The molecule has 1 amide bonds. The van der Waals surface area contributed by atoms with Gasteiger partial charge in [0.15, 0.2) is 0 Å². The highest BCUT2D eigenvalue weighted by molar-refractivity contribution is 9.10. The van der Waals surface area contributed by atoms with Gasteiger partial charge >= 0.3 is 0 Å². The number of fused-ring (bicyclic) bond motifs is 1. The van der Waals surface area contributed by atoms with Crippen molar-refractivity contribution >= 4 is 32.8 Å². The van der Waals surface area contributed by atoms with Crippen LogP contribution in [0.4, 0.5) is 4.39 Å². The van der Waals surface area contributed by atoms with Crippen molar-refractivity contribution in [1.82, 2.24) is 4.31 Å². The van der Waals surface area contributed by atoms with Gasteiger partial charge < -0.3 is 0 Å². The summed E-state index contributed by atoms with van der Waals surface area (Å²) in [6, 6.07) is 2.39. The highest BCUT2D eigenvalue weighted by atomic mass is 79.9. The summed E-state index contributed by atoms with van der Waals surface area (Å²) in [6.45, 7) is 1.67. The number of amides is 1. The maximum absolute atomic E-state index is 13.7. The van der Waals surface area contributed by atoms with Crippen molar-refractivity contribution < 1.29 is 13.4 Å². The summed E-state index contributed by atoms with van der Waals surface area (Å²) in [4.78, 5) is 11.9. The summed E-state index contributed by atoms with van der Waals surface area (Å²) < 4.78 is 26.8. The Labute approximate surface area is 103 Å². The molecule has 0 aromatic heterocycles. The van der Waals surface area contributed by atoms with Gasteiger partial charge in [0.05, 0.1) is 6.04 Å². The zero-order chi connectivity index (χ0) is 12.0. The fourth-order valence-electron chi connectivity index (χ4n) is 1.94. The van der Waals surface area contributed by atoms with Crippen LogP contribution in [-0.2, 0) is 11.0 Å². The minimum absolute atomic E-state index is 0.287. The van der Waals surface area contributed by atoms with Crippen LogP contribution >= 0.6 is 15.9 Å². The number of carbonyl (C=O) groups excluding carboxylic acids is 1. The van der Waals surface area contributed by atoms with Crippen LogP contribution in [0.3, 0.4) is 0 Å². The summed E-state index contributed by atoms with van der Waals surface area (Å²) in [6.07, 6.45) is 1.41. The Balaban J connectivity index is 2.64. The minimum atomic E-state index is -1.44. The molecule has 0 unspecified atom stereocenters. The molecule has 2 atom stereocenters. The van der Waals surface area contributed by atoms with Crippen LogP contribution in [0.1, 0.15) is 28.9 Å². The van der Waals surface area contributed by atoms with Gasteiger partial charge in [0, 0.05) is 21.9 Å². The lowest BCUT2D eigenvalue weighted by Crippen LogP contribution is -2.28. The normalized spacial score (nSPS) is 21.1. The highest BCUT2D eigenvalue weighted by Crippen LogP contribution is 2.37. The number of benzene rings is 1. The van der Waals surface area contributed by atoms with E-state index in [-0.39, 0.29) is 11.5 Å². The lowest BCUT2D eigenvalue weighted by atomic mass is 10.1. The zero-order valence-electron chi connectivity index (χ0n) is 8.66. The molecule has 1 heterocycles. The Morgan fingerprint density at radius 3 is 2.69 bits per heavy atom. The molecule has 0 bridgehead atoms. The van der Waals surface area contributed by atoms with Crippen LogP contribution < -0.4 is 0 Å². The fraction of sp³-hybridized carbons (Fsp3) is 0.300. The second kappa shape index (κ2) is 3.92. The molecule has 3 nitrogen and oxygen atoms in total. The third-order valence-corrected chi connectivity index (χ3v) is 4.07. The van der Waals surface area contributed by atoms with E-state index in [1.54, 1.807) is 13.0 Å². The van der Waals surface area contributed by atoms with Gasteiger partial charge in [-0.1, -0.05) is 15.9 Å². The highest BCUT2D eigenvalue weighted by Gasteiger charge is 2.38. The van der Waals surface area contributed by atoms with Gasteiger partial charge in [-0.15, -0.1) is 0 Å². The standard InChI is InChI=1S/C10H9BrFNO2S/c1-5-9-7(3-6(11)4-8(9)12)10(14)13(5)16(2)15/h3-5H,1-2H3/t5-,16+/m0/s1. The molecule has 0 N–H and O–H groups in total. The fourth-order valence-corrected chi connectivity index (χ4v) is 3.25. The van der Waals surface area contributed by atoms with Gasteiger partial charge in [-0.05, 0) is 19.1 Å². The van der Waals surface area contributed by atoms with Crippen LogP contribution in [0.2, 0.25) is 0 Å². The van der Waals surface area contributed by atoms with Gasteiger partial charge in [-0.2, -0.15) is 0 Å². The molecule has 16 heavy (non-hydrogen) atoms. The van der Waals surface area contributed by atoms with Crippen LogP contribution in [0.15, 0.2) is 16.6 Å². The predicted octanol–water partition coefficient (Wildman–Crippen LogP) is 2.40. The maximum atomic E-state index is 13.7. The summed E-state index contributed by atoms with van der Waals surface area (Å²) in [7, 11) is -1.44. The number of rotatable bonds is 1. The number of hydrogen-bond donors (Lipinski definition) is 0. The van der Waals surface area contributed by atoms with Gasteiger partial charge in [0.1, 0.15) is 16.8 Å². The number of halogens is 2. The monoisotopic (exact) mass is 305 g/mol. The molecule has 0 aliphatic carbocycles. The van der Waals surface area contributed by atoms with E-state index in [2.05, 4.69) is 15.9 Å². The molecular weight excluding hydrogens is 297 g/mol. The molecule has 1 aromatic rings. The van der Waals surface area contributed by atoms with E-state index >= 15 is 0 Å². The van der Waals surface area contributed by atoms with E-state index in [1.165, 1.54) is 16.6 Å². The summed E-state index contributed by atoms with van der Waals surface area (Å²) in [5.41, 5.74) is 0.609. The van der Waals surface area contributed by atoms with E-state index < -0.39 is 22.8 Å². The largest absolute Gasteiger partial charge is 0.268 e. The molecule has 86 valence electrons. The molecule has 0 radical (unpaired) electrons. The first-order valence-electron chi connectivity index (χ1n) is 4.59. The van der Waals surface area contributed by atoms with Crippen LogP contribution in [-0.4, -0.2) is 20.7 Å². The molecule has 1 aliphatic rings. The van der Waals surface area contributed by atoms with Crippen LogP contribution in [0.5, 0.6) is 0 Å². The van der Waals surface area contributed by atoms with Crippen LogP contribution in [0, 0.1) is 5.82 Å². The van der Waals surface area contributed by atoms with E-state index in [1.807, 2.05) is 0 Å².